The van der Waals surface area contributed by atoms with Gasteiger partial charge in [0.2, 0.25) is 0 Å². The first-order valence-corrected chi connectivity index (χ1v) is 4.64. The average molecular weight is 159 g/mol. The van der Waals surface area contributed by atoms with E-state index in [2.05, 4.69) is 12.2 Å². The first-order valence-electron chi connectivity index (χ1n) is 4.64. The van der Waals surface area contributed by atoms with Gasteiger partial charge in [-0.15, -0.1) is 0 Å². The van der Waals surface area contributed by atoms with Gasteiger partial charge in [0.05, 0.1) is 6.61 Å². The van der Waals surface area contributed by atoms with Crippen molar-refractivity contribution in [2.24, 2.45) is 0 Å². The van der Waals surface area contributed by atoms with Gasteiger partial charge in [-0.3, -0.25) is 0 Å². The third kappa shape index (κ3) is 9.92. The molecule has 0 aliphatic carbocycles. The summed E-state index contributed by atoms with van der Waals surface area (Å²) in [6.07, 6.45) is 5.18. The largest absolute Gasteiger partial charge is 0.380 e. The van der Waals surface area contributed by atoms with Crippen molar-refractivity contribution in [2.45, 2.75) is 32.6 Å². The van der Waals surface area contributed by atoms with Crippen LogP contribution in [0.25, 0.3) is 0 Å². The second kappa shape index (κ2) is 9.92. The van der Waals surface area contributed by atoms with Gasteiger partial charge in [0.1, 0.15) is 0 Å². The lowest BCUT2D eigenvalue weighted by atomic mass is 10.2. The minimum absolute atomic E-state index is 0.850. The Bertz CT molecular complexity index is 58.6. The summed E-state index contributed by atoms with van der Waals surface area (Å²) >= 11 is 0. The van der Waals surface area contributed by atoms with Crippen LogP contribution in [0.5, 0.6) is 0 Å². The van der Waals surface area contributed by atoms with Crippen molar-refractivity contribution in [1.29, 1.82) is 0 Å². The first-order chi connectivity index (χ1) is 5.41. The molecule has 0 saturated heterocycles. The molecule has 0 aromatic carbocycles. The number of ether oxygens (including phenoxy) is 1. The van der Waals surface area contributed by atoms with Crippen LogP contribution in [0.4, 0.5) is 0 Å². The lowest BCUT2D eigenvalue weighted by molar-refractivity contribution is 0.133. The van der Waals surface area contributed by atoms with Crippen LogP contribution < -0.4 is 5.32 Å². The number of hydrogen-bond acceptors (Lipinski definition) is 2. The minimum atomic E-state index is 0.850. The van der Waals surface area contributed by atoms with Crippen LogP contribution in [0.1, 0.15) is 32.6 Å². The van der Waals surface area contributed by atoms with Crippen LogP contribution in [0.15, 0.2) is 0 Å². The lowest BCUT2D eigenvalue weighted by Crippen LogP contribution is -2.14. The van der Waals surface area contributed by atoms with E-state index in [0.29, 0.717) is 0 Å². The molecule has 11 heavy (non-hydrogen) atoms. The van der Waals surface area contributed by atoms with Crippen molar-refractivity contribution in [3.63, 3.8) is 0 Å². The molecule has 0 aliphatic heterocycles. The molecule has 1 N–H and O–H groups in total. The molecule has 0 bridgehead atoms. The molecular formula is C9H21NO. The van der Waals surface area contributed by atoms with E-state index in [1.165, 1.54) is 25.7 Å². The summed E-state index contributed by atoms with van der Waals surface area (Å²) in [5.41, 5.74) is 0. The standard InChI is InChI=1S/C9H21NO/c1-3-4-5-6-8-11-9-7-10-2/h10H,3-9H2,1-2H3. The first kappa shape index (κ1) is 10.9. The van der Waals surface area contributed by atoms with E-state index in [-0.39, 0.29) is 0 Å². The predicted molar refractivity (Wildman–Crippen MR) is 48.9 cm³/mol. The van der Waals surface area contributed by atoms with Gasteiger partial charge in [-0.1, -0.05) is 26.2 Å². The number of nitrogens with one attached hydrogen (secondary N) is 1. The van der Waals surface area contributed by atoms with E-state index in [0.717, 1.165) is 19.8 Å². The molecule has 0 spiro atoms. The Balaban J connectivity index is 2.69. The topological polar surface area (TPSA) is 21.3 Å². The van der Waals surface area contributed by atoms with Crippen molar-refractivity contribution in [3.05, 3.63) is 0 Å². The molecule has 0 rings (SSSR count). The lowest BCUT2D eigenvalue weighted by Gasteiger charge is -2.02. The summed E-state index contributed by atoms with van der Waals surface area (Å²) in [6.45, 7) is 4.97. The third-order valence-corrected chi connectivity index (χ3v) is 1.64. The Morgan fingerprint density at radius 1 is 1.09 bits per heavy atom. The quantitative estimate of drug-likeness (QED) is 0.545. The zero-order valence-corrected chi connectivity index (χ0v) is 7.86. The zero-order valence-electron chi connectivity index (χ0n) is 7.86. The Labute approximate surface area is 70.3 Å². The van der Waals surface area contributed by atoms with Crippen LogP contribution in [0.2, 0.25) is 0 Å². The predicted octanol–water partition coefficient (Wildman–Crippen LogP) is 1.80. The van der Waals surface area contributed by atoms with Crippen LogP contribution in [0.3, 0.4) is 0 Å². The molecule has 0 fully saturated rings. The van der Waals surface area contributed by atoms with Gasteiger partial charge < -0.3 is 10.1 Å². The van der Waals surface area contributed by atoms with E-state index in [1.54, 1.807) is 0 Å². The highest BCUT2D eigenvalue weighted by molar-refractivity contribution is 4.40. The summed E-state index contributed by atoms with van der Waals surface area (Å²) in [5, 5.41) is 3.04. The maximum Gasteiger partial charge on any atom is 0.0590 e. The molecule has 0 aromatic heterocycles. The van der Waals surface area contributed by atoms with E-state index in [4.69, 9.17) is 4.74 Å². The van der Waals surface area contributed by atoms with Gasteiger partial charge in [0.25, 0.3) is 0 Å². The van der Waals surface area contributed by atoms with Crippen LogP contribution in [-0.2, 0) is 4.74 Å². The molecule has 0 aromatic rings. The van der Waals surface area contributed by atoms with E-state index < -0.39 is 0 Å². The zero-order chi connectivity index (χ0) is 8.36. The Hall–Kier alpha value is -0.0800. The fourth-order valence-corrected chi connectivity index (χ4v) is 0.907. The van der Waals surface area contributed by atoms with Gasteiger partial charge in [-0.05, 0) is 13.5 Å². The minimum Gasteiger partial charge on any atom is -0.380 e. The van der Waals surface area contributed by atoms with E-state index in [9.17, 15) is 0 Å². The normalized spacial score (nSPS) is 10.4. The Morgan fingerprint density at radius 2 is 1.91 bits per heavy atom. The smallest absolute Gasteiger partial charge is 0.0590 e. The number of unbranched alkanes of at least 4 members (excludes halogenated alkanes) is 3. The van der Waals surface area contributed by atoms with Gasteiger partial charge in [-0.25, -0.2) is 0 Å². The van der Waals surface area contributed by atoms with Crippen LogP contribution >= 0.6 is 0 Å². The summed E-state index contributed by atoms with van der Waals surface area (Å²) < 4.78 is 5.36. The van der Waals surface area contributed by atoms with Gasteiger partial charge in [0, 0.05) is 13.2 Å². The molecule has 0 saturated carbocycles. The number of hydrogen-bond donors (Lipinski definition) is 1. The molecule has 0 heterocycles. The van der Waals surface area contributed by atoms with Crippen molar-refractivity contribution < 1.29 is 4.74 Å². The van der Waals surface area contributed by atoms with Crippen molar-refractivity contribution in [1.82, 2.24) is 5.32 Å². The third-order valence-electron chi connectivity index (χ3n) is 1.64. The van der Waals surface area contributed by atoms with Gasteiger partial charge in [-0.2, -0.15) is 0 Å². The van der Waals surface area contributed by atoms with Crippen molar-refractivity contribution >= 4 is 0 Å². The van der Waals surface area contributed by atoms with Crippen molar-refractivity contribution in [3.8, 4) is 0 Å². The van der Waals surface area contributed by atoms with Crippen LogP contribution in [-0.4, -0.2) is 26.8 Å². The highest BCUT2D eigenvalue weighted by Gasteiger charge is 1.87. The highest BCUT2D eigenvalue weighted by atomic mass is 16.5. The highest BCUT2D eigenvalue weighted by Crippen LogP contribution is 1.98. The maximum absolute atomic E-state index is 5.36. The summed E-state index contributed by atoms with van der Waals surface area (Å²) in [4.78, 5) is 0. The molecule has 2 nitrogen and oxygen atoms in total. The molecule has 0 amide bonds. The maximum atomic E-state index is 5.36. The fourth-order valence-electron chi connectivity index (χ4n) is 0.907. The summed E-state index contributed by atoms with van der Waals surface area (Å²) in [6, 6.07) is 0. The average Bonchev–Trinajstić information content (AvgIpc) is 2.03. The van der Waals surface area contributed by atoms with Gasteiger partial charge in [0.15, 0.2) is 0 Å². The molecule has 0 radical (unpaired) electrons. The Kier molecular flexibility index (Phi) is 9.85. The molecular weight excluding hydrogens is 138 g/mol. The molecule has 68 valence electrons. The van der Waals surface area contributed by atoms with Crippen molar-refractivity contribution in [2.75, 3.05) is 26.8 Å². The molecule has 0 atom stereocenters. The second-order valence-electron chi connectivity index (χ2n) is 2.78. The Morgan fingerprint density at radius 3 is 2.55 bits per heavy atom. The summed E-state index contributed by atoms with van der Waals surface area (Å²) in [5.74, 6) is 0. The SMILES string of the molecule is CCCCCCOCCNC. The summed E-state index contributed by atoms with van der Waals surface area (Å²) in [7, 11) is 1.94. The van der Waals surface area contributed by atoms with Crippen LogP contribution in [0, 0.1) is 0 Å². The second-order valence-corrected chi connectivity index (χ2v) is 2.78. The monoisotopic (exact) mass is 159 g/mol. The number of rotatable bonds is 8. The van der Waals surface area contributed by atoms with E-state index in [1.807, 2.05) is 7.05 Å². The van der Waals surface area contributed by atoms with E-state index >= 15 is 0 Å². The molecule has 0 unspecified atom stereocenters. The fraction of sp³-hybridized carbons (Fsp3) is 1.00. The van der Waals surface area contributed by atoms with Gasteiger partial charge >= 0.3 is 0 Å². The number of likely N-dealkylation sites (N-methyl/N-ethyl adjacent to an activating group) is 1. The molecule has 2 heteroatoms. The molecule has 0 aliphatic rings.